The molecule has 0 radical (unpaired) electrons. The van der Waals surface area contributed by atoms with Crippen LogP contribution in [0.3, 0.4) is 0 Å². The van der Waals surface area contributed by atoms with Crippen molar-refractivity contribution in [2.45, 2.75) is 63.3 Å². The molecule has 1 aromatic rings. The molecule has 0 spiro atoms. The number of hydrogen-bond donors (Lipinski definition) is 1. The lowest BCUT2D eigenvalue weighted by atomic mass is 9.73. The van der Waals surface area contributed by atoms with Gasteiger partial charge in [-0.05, 0) is 42.2 Å². The highest BCUT2D eigenvalue weighted by Gasteiger charge is 2.27. The molecule has 2 unspecified atom stereocenters. The van der Waals surface area contributed by atoms with E-state index < -0.39 is 0 Å². The summed E-state index contributed by atoms with van der Waals surface area (Å²) in [5.41, 5.74) is 9.49. The SMILES string of the molecule is NC(CC1CCCCC1)CC1Cc2ccccc21. The Labute approximate surface area is 111 Å². The molecule has 1 nitrogen and oxygen atoms in total. The predicted octanol–water partition coefficient (Wildman–Crippen LogP) is 4.01. The van der Waals surface area contributed by atoms with Crippen LogP contribution < -0.4 is 5.73 Å². The highest BCUT2D eigenvalue weighted by Crippen LogP contribution is 2.39. The van der Waals surface area contributed by atoms with Crippen molar-refractivity contribution >= 4 is 0 Å². The summed E-state index contributed by atoms with van der Waals surface area (Å²) in [6.45, 7) is 0. The van der Waals surface area contributed by atoms with Crippen LogP contribution in [0.5, 0.6) is 0 Å². The second kappa shape index (κ2) is 5.44. The van der Waals surface area contributed by atoms with E-state index in [1.807, 2.05) is 0 Å². The van der Waals surface area contributed by atoms with E-state index in [1.54, 1.807) is 11.1 Å². The zero-order chi connectivity index (χ0) is 12.4. The lowest BCUT2D eigenvalue weighted by molar-refractivity contribution is 0.303. The maximum Gasteiger partial charge on any atom is 0.00474 e. The molecule has 2 aliphatic rings. The molecule has 1 heteroatoms. The molecule has 2 N–H and O–H groups in total. The van der Waals surface area contributed by atoms with E-state index in [9.17, 15) is 0 Å². The molecular formula is C17H25N. The van der Waals surface area contributed by atoms with Gasteiger partial charge in [-0.2, -0.15) is 0 Å². The zero-order valence-corrected chi connectivity index (χ0v) is 11.3. The quantitative estimate of drug-likeness (QED) is 0.849. The lowest BCUT2D eigenvalue weighted by Crippen LogP contribution is -2.30. The second-order valence-corrected chi connectivity index (χ2v) is 6.34. The molecule has 18 heavy (non-hydrogen) atoms. The standard InChI is InChI=1S/C17H25N/c18-16(10-13-6-2-1-3-7-13)12-15-11-14-8-4-5-9-17(14)15/h4-5,8-9,13,15-16H,1-3,6-7,10-12,18H2. The van der Waals surface area contributed by atoms with Crippen molar-refractivity contribution in [1.29, 1.82) is 0 Å². The van der Waals surface area contributed by atoms with Crippen molar-refractivity contribution in [2.24, 2.45) is 11.7 Å². The Balaban J connectivity index is 1.49. The van der Waals surface area contributed by atoms with Gasteiger partial charge in [-0.1, -0.05) is 56.4 Å². The summed E-state index contributed by atoms with van der Waals surface area (Å²) in [4.78, 5) is 0. The van der Waals surface area contributed by atoms with Crippen LogP contribution in [0.15, 0.2) is 24.3 Å². The molecular weight excluding hydrogens is 218 g/mol. The summed E-state index contributed by atoms with van der Waals surface area (Å²) in [5.74, 6) is 1.67. The first-order chi connectivity index (χ1) is 8.83. The minimum absolute atomic E-state index is 0.423. The van der Waals surface area contributed by atoms with Crippen molar-refractivity contribution in [3.63, 3.8) is 0 Å². The summed E-state index contributed by atoms with van der Waals surface area (Å²) in [5, 5.41) is 0. The van der Waals surface area contributed by atoms with Crippen LogP contribution in [0.4, 0.5) is 0 Å². The molecule has 0 amide bonds. The zero-order valence-electron chi connectivity index (χ0n) is 11.3. The van der Waals surface area contributed by atoms with Crippen LogP contribution in [0.2, 0.25) is 0 Å². The third kappa shape index (κ3) is 2.61. The van der Waals surface area contributed by atoms with Crippen LogP contribution in [0, 0.1) is 5.92 Å². The highest BCUT2D eigenvalue weighted by atomic mass is 14.6. The molecule has 0 aromatic heterocycles. The summed E-state index contributed by atoms with van der Waals surface area (Å²) in [6, 6.07) is 9.29. The van der Waals surface area contributed by atoms with Crippen molar-refractivity contribution in [3.05, 3.63) is 35.4 Å². The fraction of sp³-hybridized carbons (Fsp3) is 0.647. The van der Waals surface area contributed by atoms with Crippen molar-refractivity contribution in [1.82, 2.24) is 0 Å². The molecule has 0 aliphatic heterocycles. The van der Waals surface area contributed by atoms with Crippen LogP contribution in [0.1, 0.15) is 62.0 Å². The average molecular weight is 243 g/mol. The normalized spacial score (nSPS) is 25.3. The Morgan fingerprint density at radius 2 is 1.83 bits per heavy atom. The summed E-state index contributed by atoms with van der Waals surface area (Å²) >= 11 is 0. The minimum Gasteiger partial charge on any atom is -0.328 e. The van der Waals surface area contributed by atoms with Crippen LogP contribution >= 0.6 is 0 Å². The average Bonchev–Trinajstić information content (AvgIpc) is 2.37. The van der Waals surface area contributed by atoms with Gasteiger partial charge < -0.3 is 5.73 Å². The Bertz CT molecular complexity index is 392. The molecule has 1 aromatic carbocycles. The van der Waals surface area contributed by atoms with E-state index in [2.05, 4.69) is 24.3 Å². The maximum atomic E-state index is 6.37. The Morgan fingerprint density at radius 1 is 1.06 bits per heavy atom. The van der Waals surface area contributed by atoms with Gasteiger partial charge in [0.15, 0.2) is 0 Å². The Hall–Kier alpha value is -0.820. The second-order valence-electron chi connectivity index (χ2n) is 6.34. The number of nitrogens with two attached hydrogens (primary N) is 1. The first-order valence-corrected chi connectivity index (χ1v) is 7.66. The largest absolute Gasteiger partial charge is 0.328 e. The third-order valence-corrected chi connectivity index (χ3v) is 4.91. The van der Waals surface area contributed by atoms with E-state index in [-0.39, 0.29) is 0 Å². The Kier molecular flexibility index (Phi) is 3.69. The van der Waals surface area contributed by atoms with Gasteiger partial charge in [0.05, 0.1) is 0 Å². The number of hydrogen-bond acceptors (Lipinski definition) is 1. The lowest BCUT2D eigenvalue weighted by Gasteiger charge is -2.33. The van der Waals surface area contributed by atoms with Gasteiger partial charge in [0.2, 0.25) is 0 Å². The monoisotopic (exact) mass is 243 g/mol. The predicted molar refractivity (Wildman–Crippen MR) is 76.7 cm³/mol. The van der Waals surface area contributed by atoms with E-state index in [1.165, 1.54) is 51.4 Å². The highest BCUT2D eigenvalue weighted by molar-refractivity contribution is 5.39. The van der Waals surface area contributed by atoms with Gasteiger partial charge in [0, 0.05) is 6.04 Å². The van der Waals surface area contributed by atoms with Gasteiger partial charge >= 0.3 is 0 Å². The number of rotatable bonds is 4. The summed E-state index contributed by atoms with van der Waals surface area (Å²) in [7, 11) is 0. The number of benzene rings is 1. The van der Waals surface area contributed by atoms with Gasteiger partial charge in [0.1, 0.15) is 0 Å². The van der Waals surface area contributed by atoms with Gasteiger partial charge in [0.25, 0.3) is 0 Å². The maximum absolute atomic E-state index is 6.37. The molecule has 3 rings (SSSR count). The van der Waals surface area contributed by atoms with Crippen molar-refractivity contribution in [3.8, 4) is 0 Å². The third-order valence-electron chi connectivity index (χ3n) is 4.91. The van der Waals surface area contributed by atoms with E-state index in [4.69, 9.17) is 5.73 Å². The first kappa shape index (κ1) is 12.2. The molecule has 2 aliphatic carbocycles. The molecule has 1 saturated carbocycles. The van der Waals surface area contributed by atoms with Crippen LogP contribution in [0.25, 0.3) is 0 Å². The first-order valence-electron chi connectivity index (χ1n) is 7.66. The minimum atomic E-state index is 0.423. The van der Waals surface area contributed by atoms with E-state index >= 15 is 0 Å². The van der Waals surface area contributed by atoms with Gasteiger partial charge in [-0.25, -0.2) is 0 Å². The fourth-order valence-electron chi connectivity index (χ4n) is 3.89. The van der Waals surface area contributed by atoms with E-state index in [0.717, 1.165) is 11.8 Å². The summed E-state index contributed by atoms with van der Waals surface area (Å²) in [6.07, 6.45) is 10.9. The molecule has 1 fully saturated rings. The molecule has 98 valence electrons. The smallest absolute Gasteiger partial charge is 0.00474 e. The van der Waals surface area contributed by atoms with Crippen LogP contribution in [-0.4, -0.2) is 6.04 Å². The molecule has 0 saturated heterocycles. The topological polar surface area (TPSA) is 26.0 Å². The van der Waals surface area contributed by atoms with Crippen molar-refractivity contribution in [2.75, 3.05) is 0 Å². The summed E-state index contributed by atoms with van der Waals surface area (Å²) < 4.78 is 0. The molecule has 0 heterocycles. The van der Waals surface area contributed by atoms with Crippen LogP contribution in [-0.2, 0) is 6.42 Å². The van der Waals surface area contributed by atoms with Gasteiger partial charge in [-0.15, -0.1) is 0 Å². The van der Waals surface area contributed by atoms with Gasteiger partial charge in [-0.3, -0.25) is 0 Å². The molecule has 2 atom stereocenters. The number of fused-ring (bicyclic) bond motifs is 1. The fourth-order valence-corrected chi connectivity index (χ4v) is 3.89. The molecule has 0 bridgehead atoms. The van der Waals surface area contributed by atoms with Crippen molar-refractivity contribution < 1.29 is 0 Å². The van der Waals surface area contributed by atoms with E-state index in [0.29, 0.717) is 6.04 Å². The Morgan fingerprint density at radius 3 is 2.61 bits per heavy atom.